The number of nitrogens with one attached hydrogen (secondary N) is 1. The van der Waals surface area contributed by atoms with Crippen LogP contribution in [0.15, 0.2) is 12.1 Å². The molecule has 20 heavy (non-hydrogen) atoms. The summed E-state index contributed by atoms with van der Waals surface area (Å²) in [6.07, 6.45) is -0.0669. The number of ether oxygens (including phenoxy) is 1. The quantitative estimate of drug-likeness (QED) is 0.885. The van der Waals surface area contributed by atoms with Crippen LogP contribution in [0, 0.1) is 18.6 Å². The Bertz CT molecular complexity index is 535. The average molecular weight is 285 g/mol. The molecule has 2 unspecified atom stereocenters. The summed E-state index contributed by atoms with van der Waals surface area (Å²) >= 11 is 0. The van der Waals surface area contributed by atoms with Crippen LogP contribution in [-0.4, -0.2) is 35.9 Å². The number of aliphatic hydroxyl groups is 1. The molecule has 0 radical (unpaired) electrons. The minimum absolute atomic E-state index is 0.111. The van der Waals surface area contributed by atoms with Gasteiger partial charge in [-0.05, 0) is 25.5 Å². The van der Waals surface area contributed by atoms with Crippen molar-refractivity contribution in [2.75, 3.05) is 13.2 Å². The second-order valence-corrected chi connectivity index (χ2v) is 5.10. The maximum Gasteiger partial charge on any atom is 0.257 e. The van der Waals surface area contributed by atoms with Gasteiger partial charge in [0.2, 0.25) is 0 Å². The van der Waals surface area contributed by atoms with Crippen LogP contribution in [0.2, 0.25) is 0 Å². The Hall–Kier alpha value is -1.53. The fourth-order valence-electron chi connectivity index (χ4n) is 2.19. The Labute approximate surface area is 115 Å². The number of hydrogen-bond acceptors (Lipinski definition) is 3. The molecule has 0 aromatic heterocycles. The number of carbonyl (C=O) groups excluding carboxylic acids is 1. The number of carbonyl (C=O) groups is 1. The molecular weight excluding hydrogens is 268 g/mol. The summed E-state index contributed by atoms with van der Waals surface area (Å²) in [6, 6.07) is 2.31. The minimum atomic E-state index is -1.20. The van der Waals surface area contributed by atoms with Gasteiger partial charge in [-0.25, -0.2) is 8.78 Å². The average Bonchev–Trinajstić information content (AvgIpc) is 2.73. The van der Waals surface area contributed by atoms with E-state index in [-0.39, 0.29) is 12.1 Å². The standard InChI is InChI=1S/C14H17F2NO3/c1-8-3-4-10(15)11(12(8)16)13(18)17-7-14(19)5-6-20-9(14)2/h3-4,9,19H,5-7H2,1-2H3,(H,17,18). The van der Waals surface area contributed by atoms with Crippen LogP contribution in [-0.2, 0) is 4.74 Å². The maximum absolute atomic E-state index is 13.8. The molecule has 110 valence electrons. The Morgan fingerprint density at radius 2 is 2.25 bits per heavy atom. The molecular formula is C14H17F2NO3. The van der Waals surface area contributed by atoms with Crippen molar-refractivity contribution in [3.8, 4) is 0 Å². The molecule has 0 saturated carbocycles. The van der Waals surface area contributed by atoms with Gasteiger partial charge < -0.3 is 15.2 Å². The molecule has 2 rings (SSSR count). The van der Waals surface area contributed by atoms with E-state index in [4.69, 9.17) is 4.74 Å². The molecule has 0 aliphatic carbocycles. The van der Waals surface area contributed by atoms with Crippen molar-refractivity contribution in [1.29, 1.82) is 0 Å². The van der Waals surface area contributed by atoms with Gasteiger partial charge in [-0.3, -0.25) is 4.79 Å². The monoisotopic (exact) mass is 285 g/mol. The summed E-state index contributed by atoms with van der Waals surface area (Å²) in [5, 5.41) is 12.6. The predicted octanol–water partition coefficient (Wildman–Crippen LogP) is 1.54. The van der Waals surface area contributed by atoms with E-state index < -0.39 is 34.8 Å². The second-order valence-electron chi connectivity index (χ2n) is 5.10. The summed E-state index contributed by atoms with van der Waals surface area (Å²) in [6.45, 7) is 3.42. The largest absolute Gasteiger partial charge is 0.385 e. The van der Waals surface area contributed by atoms with E-state index in [9.17, 15) is 18.7 Å². The summed E-state index contributed by atoms with van der Waals surface area (Å²) in [5.74, 6) is -2.69. The summed E-state index contributed by atoms with van der Waals surface area (Å²) in [5.41, 5.74) is -1.64. The SMILES string of the molecule is Cc1ccc(F)c(C(=O)NCC2(O)CCOC2C)c1F. The molecule has 1 aromatic carbocycles. The first-order valence-corrected chi connectivity index (χ1v) is 6.42. The first kappa shape index (κ1) is 14.9. The van der Waals surface area contributed by atoms with Crippen molar-refractivity contribution in [2.24, 2.45) is 0 Å². The number of aryl methyl sites for hydroxylation is 1. The third kappa shape index (κ3) is 2.66. The molecule has 0 bridgehead atoms. The molecule has 1 aliphatic rings. The number of benzene rings is 1. The van der Waals surface area contributed by atoms with Crippen LogP contribution in [0.5, 0.6) is 0 Å². The normalized spacial score (nSPS) is 25.8. The Morgan fingerprint density at radius 3 is 2.85 bits per heavy atom. The molecule has 1 heterocycles. The Kier molecular flexibility index (Phi) is 4.06. The first-order chi connectivity index (χ1) is 9.35. The lowest BCUT2D eigenvalue weighted by Gasteiger charge is -2.26. The summed E-state index contributed by atoms with van der Waals surface area (Å²) in [7, 11) is 0. The van der Waals surface area contributed by atoms with E-state index in [1.54, 1.807) is 6.92 Å². The highest BCUT2D eigenvalue weighted by molar-refractivity contribution is 5.95. The van der Waals surface area contributed by atoms with E-state index in [0.717, 1.165) is 6.07 Å². The van der Waals surface area contributed by atoms with E-state index in [1.165, 1.54) is 13.0 Å². The fraction of sp³-hybridized carbons (Fsp3) is 0.500. The molecule has 1 aliphatic heterocycles. The van der Waals surface area contributed by atoms with Gasteiger partial charge in [-0.2, -0.15) is 0 Å². The van der Waals surface area contributed by atoms with Gasteiger partial charge in [0.15, 0.2) is 0 Å². The minimum Gasteiger partial charge on any atom is -0.385 e. The molecule has 4 nitrogen and oxygen atoms in total. The van der Waals surface area contributed by atoms with Crippen LogP contribution in [0.1, 0.15) is 29.3 Å². The van der Waals surface area contributed by atoms with Crippen LogP contribution in [0.4, 0.5) is 8.78 Å². The van der Waals surface area contributed by atoms with Gasteiger partial charge in [0.1, 0.15) is 22.8 Å². The Morgan fingerprint density at radius 1 is 1.55 bits per heavy atom. The molecule has 2 N–H and O–H groups in total. The zero-order valence-electron chi connectivity index (χ0n) is 11.4. The topological polar surface area (TPSA) is 58.6 Å². The molecule has 1 fully saturated rings. The zero-order chi connectivity index (χ0) is 14.9. The number of amides is 1. The van der Waals surface area contributed by atoms with Crippen molar-refractivity contribution in [1.82, 2.24) is 5.32 Å². The molecule has 0 spiro atoms. The zero-order valence-corrected chi connectivity index (χ0v) is 11.4. The van der Waals surface area contributed by atoms with E-state index in [2.05, 4.69) is 5.32 Å². The van der Waals surface area contributed by atoms with Gasteiger partial charge >= 0.3 is 0 Å². The van der Waals surface area contributed by atoms with Gasteiger partial charge in [0.05, 0.1) is 6.10 Å². The molecule has 1 aromatic rings. The number of rotatable bonds is 3. The lowest BCUT2D eigenvalue weighted by molar-refractivity contribution is -0.0252. The van der Waals surface area contributed by atoms with Gasteiger partial charge in [0, 0.05) is 19.6 Å². The van der Waals surface area contributed by atoms with E-state index in [1.807, 2.05) is 0 Å². The Balaban J connectivity index is 2.12. The molecule has 1 saturated heterocycles. The van der Waals surface area contributed by atoms with Crippen molar-refractivity contribution in [3.05, 3.63) is 34.9 Å². The highest BCUT2D eigenvalue weighted by atomic mass is 19.1. The van der Waals surface area contributed by atoms with Gasteiger partial charge in [-0.15, -0.1) is 0 Å². The smallest absolute Gasteiger partial charge is 0.257 e. The predicted molar refractivity (Wildman–Crippen MR) is 68.4 cm³/mol. The maximum atomic E-state index is 13.8. The van der Waals surface area contributed by atoms with Crippen molar-refractivity contribution in [2.45, 2.75) is 32.0 Å². The van der Waals surface area contributed by atoms with Crippen LogP contribution < -0.4 is 5.32 Å². The van der Waals surface area contributed by atoms with E-state index in [0.29, 0.717) is 13.0 Å². The second kappa shape index (κ2) is 5.46. The number of halogens is 2. The van der Waals surface area contributed by atoms with Crippen LogP contribution in [0.25, 0.3) is 0 Å². The summed E-state index contributed by atoms with van der Waals surface area (Å²) in [4.78, 5) is 11.9. The van der Waals surface area contributed by atoms with Crippen LogP contribution in [0.3, 0.4) is 0 Å². The molecule has 2 atom stereocenters. The summed E-state index contributed by atoms with van der Waals surface area (Å²) < 4.78 is 32.6. The van der Waals surface area contributed by atoms with Crippen LogP contribution >= 0.6 is 0 Å². The number of hydrogen-bond donors (Lipinski definition) is 2. The van der Waals surface area contributed by atoms with Crippen molar-refractivity contribution >= 4 is 5.91 Å². The third-order valence-electron chi connectivity index (χ3n) is 3.73. The lowest BCUT2D eigenvalue weighted by Crippen LogP contribution is -2.47. The fourth-order valence-corrected chi connectivity index (χ4v) is 2.19. The van der Waals surface area contributed by atoms with Crippen molar-refractivity contribution in [3.63, 3.8) is 0 Å². The molecule has 1 amide bonds. The van der Waals surface area contributed by atoms with Gasteiger partial charge in [-0.1, -0.05) is 6.07 Å². The van der Waals surface area contributed by atoms with Crippen molar-refractivity contribution < 1.29 is 23.4 Å². The first-order valence-electron chi connectivity index (χ1n) is 6.42. The van der Waals surface area contributed by atoms with Gasteiger partial charge in [0.25, 0.3) is 5.91 Å². The van der Waals surface area contributed by atoms with E-state index >= 15 is 0 Å². The highest BCUT2D eigenvalue weighted by Gasteiger charge is 2.40. The molecule has 6 heteroatoms. The lowest BCUT2D eigenvalue weighted by atomic mass is 9.96. The third-order valence-corrected chi connectivity index (χ3v) is 3.73. The highest BCUT2D eigenvalue weighted by Crippen LogP contribution is 2.25.